The van der Waals surface area contributed by atoms with Gasteiger partial charge in [0.05, 0.1) is 0 Å². The van der Waals surface area contributed by atoms with Crippen LogP contribution in [0.25, 0.3) is 0 Å². The van der Waals surface area contributed by atoms with Crippen LogP contribution < -0.4 is 5.32 Å². The van der Waals surface area contributed by atoms with Crippen LogP contribution in [0.4, 0.5) is 0 Å². The molecule has 0 bridgehead atoms. The minimum absolute atomic E-state index is 0.000278. The molecule has 15 heavy (non-hydrogen) atoms. The van der Waals surface area contributed by atoms with Gasteiger partial charge in [-0.25, -0.2) is 0 Å². The van der Waals surface area contributed by atoms with Gasteiger partial charge in [0.2, 0.25) is 5.91 Å². The number of rotatable bonds is 3. The van der Waals surface area contributed by atoms with Gasteiger partial charge >= 0.3 is 0 Å². The van der Waals surface area contributed by atoms with Crippen molar-refractivity contribution in [1.82, 2.24) is 5.32 Å². The van der Waals surface area contributed by atoms with E-state index in [1.807, 2.05) is 20.8 Å². The van der Waals surface area contributed by atoms with Crippen LogP contribution >= 0.6 is 0 Å². The molecule has 1 fully saturated rings. The van der Waals surface area contributed by atoms with Crippen LogP contribution in [0.3, 0.4) is 0 Å². The first-order chi connectivity index (χ1) is 7.24. The molecular formula is C12H23NO2. The fourth-order valence-electron chi connectivity index (χ4n) is 1.76. The number of nitrogens with one attached hydrogen (secondary N) is 1. The molecule has 1 aliphatic carbocycles. The molecular weight excluding hydrogens is 190 g/mol. The van der Waals surface area contributed by atoms with Gasteiger partial charge in [-0.15, -0.1) is 0 Å². The quantitative estimate of drug-likeness (QED) is 0.782. The predicted molar refractivity (Wildman–Crippen MR) is 61.6 cm³/mol. The van der Waals surface area contributed by atoms with Crippen molar-refractivity contribution in [2.24, 2.45) is 5.92 Å². The van der Waals surface area contributed by atoms with Crippen LogP contribution in [-0.4, -0.2) is 18.2 Å². The molecule has 1 unspecified atom stereocenters. The third-order valence-corrected chi connectivity index (χ3v) is 2.49. The third-order valence-electron chi connectivity index (χ3n) is 2.49. The standard InChI is InChI=1S/C10H17NO2.C2H6/c1-2-11-10(13)7-8-5-3-4-6-9(8)12;1-2/h8H,2-7H2,1H3,(H,11,13);1-2H3. The summed E-state index contributed by atoms with van der Waals surface area (Å²) in [5, 5.41) is 2.72. The summed E-state index contributed by atoms with van der Waals surface area (Å²) in [6.07, 6.45) is 4.06. The van der Waals surface area contributed by atoms with Crippen molar-refractivity contribution < 1.29 is 9.59 Å². The maximum atomic E-state index is 11.4. The van der Waals surface area contributed by atoms with Crippen molar-refractivity contribution in [3.63, 3.8) is 0 Å². The number of hydrogen-bond donors (Lipinski definition) is 1. The van der Waals surface area contributed by atoms with Crippen molar-refractivity contribution in [3.05, 3.63) is 0 Å². The summed E-state index contributed by atoms with van der Waals surface area (Å²) in [5.74, 6) is 0.292. The second kappa shape index (κ2) is 8.45. The molecule has 88 valence electrons. The number of amides is 1. The van der Waals surface area contributed by atoms with Crippen LogP contribution in [0, 0.1) is 5.92 Å². The zero-order valence-electron chi connectivity index (χ0n) is 10.1. The Hall–Kier alpha value is -0.860. The van der Waals surface area contributed by atoms with E-state index in [0.29, 0.717) is 19.4 Å². The number of ketones is 1. The van der Waals surface area contributed by atoms with E-state index >= 15 is 0 Å². The molecule has 0 aliphatic heterocycles. The van der Waals surface area contributed by atoms with E-state index in [9.17, 15) is 9.59 Å². The largest absolute Gasteiger partial charge is 0.356 e. The Morgan fingerprint density at radius 3 is 2.60 bits per heavy atom. The first kappa shape index (κ1) is 14.1. The van der Waals surface area contributed by atoms with Gasteiger partial charge < -0.3 is 5.32 Å². The Balaban J connectivity index is 0.000000921. The molecule has 1 rings (SSSR count). The van der Waals surface area contributed by atoms with E-state index in [2.05, 4.69) is 5.32 Å². The molecule has 0 heterocycles. The highest BCUT2D eigenvalue weighted by Crippen LogP contribution is 2.22. The number of hydrogen-bond acceptors (Lipinski definition) is 2. The van der Waals surface area contributed by atoms with E-state index in [1.165, 1.54) is 0 Å². The Kier molecular flexibility index (Phi) is 7.96. The van der Waals surface area contributed by atoms with Gasteiger partial charge in [0.1, 0.15) is 5.78 Å². The second-order valence-electron chi connectivity index (χ2n) is 3.57. The van der Waals surface area contributed by atoms with Gasteiger partial charge in [0.15, 0.2) is 0 Å². The molecule has 0 aromatic heterocycles. The van der Waals surface area contributed by atoms with E-state index in [1.54, 1.807) is 0 Å². The molecule has 0 saturated heterocycles. The normalized spacial score (nSPS) is 20.2. The average Bonchev–Trinajstić information content (AvgIpc) is 2.25. The molecule has 1 atom stereocenters. The highest BCUT2D eigenvalue weighted by Gasteiger charge is 2.24. The maximum absolute atomic E-state index is 11.4. The van der Waals surface area contributed by atoms with Gasteiger partial charge in [-0.05, 0) is 19.8 Å². The van der Waals surface area contributed by atoms with Gasteiger partial charge in [0, 0.05) is 25.3 Å². The number of carbonyl (C=O) groups is 2. The third kappa shape index (κ3) is 5.55. The summed E-state index contributed by atoms with van der Waals surface area (Å²) < 4.78 is 0. The van der Waals surface area contributed by atoms with Gasteiger partial charge in [-0.3, -0.25) is 9.59 Å². The van der Waals surface area contributed by atoms with Crippen LogP contribution in [0.1, 0.15) is 52.9 Å². The lowest BCUT2D eigenvalue weighted by molar-refractivity contribution is -0.130. The fraction of sp³-hybridized carbons (Fsp3) is 0.833. The molecule has 0 spiro atoms. The maximum Gasteiger partial charge on any atom is 0.220 e. The highest BCUT2D eigenvalue weighted by atomic mass is 16.2. The molecule has 0 aromatic rings. The molecule has 0 radical (unpaired) electrons. The smallest absolute Gasteiger partial charge is 0.220 e. The van der Waals surface area contributed by atoms with Gasteiger partial charge in [0.25, 0.3) is 0 Å². The Bertz CT molecular complexity index is 202. The Morgan fingerprint density at radius 1 is 1.40 bits per heavy atom. The van der Waals surface area contributed by atoms with Crippen molar-refractivity contribution in [2.75, 3.05) is 6.54 Å². The summed E-state index contributed by atoms with van der Waals surface area (Å²) in [7, 11) is 0. The number of carbonyl (C=O) groups excluding carboxylic acids is 2. The average molecular weight is 213 g/mol. The molecule has 0 aromatic carbocycles. The van der Waals surface area contributed by atoms with E-state index in [0.717, 1.165) is 19.3 Å². The lowest BCUT2D eigenvalue weighted by Gasteiger charge is -2.19. The lowest BCUT2D eigenvalue weighted by Crippen LogP contribution is -2.29. The minimum Gasteiger partial charge on any atom is -0.356 e. The SMILES string of the molecule is CC.CCNC(=O)CC1CCCCC1=O. The van der Waals surface area contributed by atoms with Crippen LogP contribution in [0.5, 0.6) is 0 Å². The zero-order valence-corrected chi connectivity index (χ0v) is 10.1. The molecule has 1 saturated carbocycles. The van der Waals surface area contributed by atoms with Crippen molar-refractivity contribution >= 4 is 11.7 Å². The van der Waals surface area contributed by atoms with Crippen molar-refractivity contribution in [1.29, 1.82) is 0 Å². The second-order valence-corrected chi connectivity index (χ2v) is 3.57. The van der Waals surface area contributed by atoms with E-state index < -0.39 is 0 Å². The zero-order chi connectivity index (χ0) is 11.7. The number of Topliss-reactive ketones (excluding diaryl/α,β-unsaturated/α-hetero) is 1. The van der Waals surface area contributed by atoms with E-state index in [-0.39, 0.29) is 17.6 Å². The molecule has 1 N–H and O–H groups in total. The first-order valence-corrected chi connectivity index (χ1v) is 6.03. The first-order valence-electron chi connectivity index (χ1n) is 6.03. The highest BCUT2D eigenvalue weighted by molar-refractivity contribution is 5.87. The monoisotopic (exact) mass is 213 g/mol. The summed E-state index contributed by atoms with van der Waals surface area (Å²) in [5.41, 5.74) is 0. The lowest BCUT2D eigenvalue weighted by atomic mass is 9.85. The van der Waals surface area contributed by atoms with Gasteiger partial charge in [-0.2, -0.15) is 0 Å². The minimum atomic E-state index is 0.000278. The molecule has 3 heteroatoms. The van der Waals surface area contributed by atoms with Crippen LogP contribution in [0.2, 0.25) is 0 Å². The van der Waals surface area contributed by atoms with Crippen LogP contribution in [-0.2, 0) is 9.59 Å². The van der Waals surface area contributed by atoms with Gasteiger partial charge in [-0.1, -0.05) is 20.3 Å². The van der Waals surface area contributed by atoms with Crippen molar-refractivity contribution in [2.45, 2.75) is 52.9 Å². The molecule has 3 nitrogen and oxygen atoms in total. The summed E-state index contributed by atoms with van der Waals surface area (Å²) in [6, 6.07) is 0. The predicted octanol–water partition coefficient (Wildman–Crippen LogP) is 2.30. The van der Waals surface area contributed by atoms with Crippen molar-refractivity contribution in [3.8, 4) is 0 Å². The van der Waals surface area contributed by atoms with E-state index in [4.69, 9.17) is 0 Å². The molecule has 1 amide bonds. The topological polar surface area (TPSA) is 46.2 Å². The van der Waals surface area contributed by atoms with Crippen LogP contribution in [0.15, 0.2) is 0 Å². The fourth-order valence-corrected chi connectivity index (χ4v) is 1.76. The summed E-state index contributed by atoms with van der Waals surface area (Å²) in [6.45, 7) is 6.54. The molecule has 1 aliphatic rings. The Labute approximate surface area is 92.6 Å². The Morgan fingerprint density at radius 2 is 2.07 bits per heavy atom. The summed E-state index contributed by atoms with van der Waals surface area (Å²) >= 11 is 0. The summed E-state index contributed by atoms with van der Waals surface area (Å²) in [4.78, 5) is 22.5.